The molecule has 0 fully saturated rings. The summed E-state index contributed by atoms with van der Waals surface area (Å²) in [6.07, 6.45) is 10.3. The summed E-state index contributed by atoms with van der Waals surface area (Å²) < 4.78 is 4.89. The fraction of sp³-hybridized carbons (Fsp3) is 0.733. The van der Waals surface area contributed by atoms with Crippen molar-refractivity contribution >= 4 is 11.7 Å². The number of ether oxygens (including phenoxy) is 1. The van der Waals surface area contributed by atoms with Crippen molar-refractivity contribution in [3.63, 3.8) is 0 Å². The minimum atomic E-state index is -0.0736. The first-order valence-electron chi connectivity index (χ1n) is 7.23. The van der Waals surface area contributed by atoms with Crippen molar-refractivity contribution in [2.24, 2.45) is 5.16 Å². The van der Waals surface area contributed by atoms with E-state index in [-0.39, 0.29) is 5.97 Å². The topological polar surface area (TPSA) is 47.9 Å². The van der Waals surface area contributed by atoms with Gasteiger partial charge in [-0.1, -0.05) is 24.1 Å². The monoisotopic (exact) mass is 267 g/mol. The molecule has 0 atom stereocenters. The maximum atomic E-state index is 11.1. The molecule has 1 aliphatic rings. The van der Waals surface area contributed by atoms with E-state index in [0.717, 1.165) is 50.7 Å². The van der Waals surface area contributed by atoms with E-state index in [2.05, 4.69) is 11.2 Å². The average Bonchev–Trinajstić information content (AvgIpc) is 2.82. The second kappa shape index (κ2) is 9.59. The second-order valence-corrected chi connectivity index (χ2v) is 4.71. The first kappa shape index (κ1) is 15.7. The maximum absolute atomic E-state index is 11.1. The lowest BCUT2D eigenvalue weighted by molar-refractivity contribution is -0.143. The molecule has 1 aliphatic carbocycles. The van der Waals surface area contributed by atoms with Gasteiger partial charge in [-0.3, -0.25) is 4.79 Å². The Kier molecular flexibility index (Phi) is 7.94. The Morgan fingerprint density at radius 1 is 1.32 bits per heavy atom. The quantitative estimate of drug-likeness (QED) is 0.364. The van der Waals surface area contributed by atoms with Crippen LogP contribution in [-0.2, 0) is 14.4 Å². The first-order chi connectivity index (χ1) is 9.27. The fourth-order valence-electron chi connectivity index (χ4n) is 2.29. The van der Waals surface area contributed by atoms with E-state index < -0.39 is 0 Å². The Morgan fingerprint density at radius 3 is 2.84 bits per heavy atom. The third-order valence-electron chi connectivity index (χ3n) is 3.23. The molecular formula is C15H25NO3. The Hall–Kier alpha value is -1.32. The van der Waals surface area contributed by atoms with Crippen LogP contribution < -0.4 is 0 Å². The zero-order valence-corrected chi connectivity index (χ0v) is 12.1. The van der Waals surface area contributed by atoms with Gasteiger partial charge in [-0.05, 0) is 44.6 Å². The van der Waals surface area contributed by atoms with E-state index in [9.17, 15) is 4.79 Å². The Labute approximate surface area is 115 Å². The molecule has 0 spiro atoms. The highest BCUT2D eigenvalue weighted by atomic mass is 16.6. The lowest BCUT2D eigenvalue weighted by Gasteiger charge is -2.04. The van der Waals surface area contributed by atoms with Crippen LogP contribution in [0.4, 0.5) is 0 Å². The first-order valence-corrected chi connectivity index (χ1v) is 7.23. The largest absolute Gasteiger partial charge is 0.466 e. The number of allylic oxidation sites excluding steroid dienone is 2. The smallest absolute Gasteiger partial charge is 0.305 e. The van der Waals surface area contributed by atoms with Crippen molar-refractivity contribution in [2.75, 3.05) is 13.7 Å². The molecule has 0 aromatic carbocycles. The van der Waals surface area contributed by atoms with Gasteiger partial charge < -0.3 is 9.57 Å². The van der Waals surface area contributed by atoms with Crippen molar-refractivity contribution in [3.8, 4) is 0 Å². The number of carbonyl (C=O) groups excluding carboxylic acids is 1. The molecule has 0 unspecified atom stereocenters. The highest BCUT2D eigenvalue weighted by Crippen LogP contribution is 2.21. The number of hydrogen-bond donors (Lipinski definition) is 0. The third-order valence-corrected chi connectivity index (χ3v) is 3.23. The zero-order chi connectivity index (χ0) is 13.9. The standard InChI is InChI=1S/C15H25NO3/c1-3-19-15(17)12-7-5-4-6-9-13-10-8-11-14(13)16-18-2/h10H,3-9,11-12H2,1-2H3/b16-14-. The number of hydrogen-bond acceptors (Lipinski definition) is 4. The number of esters is 1. The van der Waals surface area contributed by atoms with Gasteiger partial charge in [0, 0.05) is 6.42 Å². The predicted molar refractivity (Wildman–Crippen MR) is 76.1 cm³/mol. The molecule has 4 nitrogen and oxygen atoms in total. The van der Waals surface area contributed by atoms with Gasteiger partial charge in [0.15, 0.2) is 0 Å². The summed E-state index contributed by atoms with van der Waals surface area (Å²) in [4.78, 5) is 16.0. The molecule has 0 heterocycles. The molecule has 0 aromatic rings. The van der Waals surface area contributed by atoms with Crippen molar-refractivity contribution in [1.29, 1.82) is 0 Å². The van der Waals surface area contributed by atoms with Gasteiger partial charge in [-0.2, -0.15) is 0 Å². The molecule has 0 saturated heterocycles. The summed E-state index contributed by atoms with van der Waals surface area (Å²) in [5.41, 5.74) is 2.45. The van der Waals surface area contributed by atoms with Crippen molar-refractivity contribution in [2.45, 2.75) is 58.3 Å². The zero-order valence-electron chi connectivity index (χ0n) is 12.1. The molecule has 0 N–H and O–H groups in total. The SMILES string of the molecule is CCOC(=O)CCCCCCC1=CCC/C1=N/OC. The normalized spacial score (nSPS) is 16.5. The molecule has 0 amide bonds. The van der Waals surface area contributed by atoms with Crippen LogP contribution in [0.1, 0.15) is 58.3 Å². The fourth-order valence-corrected chi connectivity index (χ4v) is 2.29. The van der Waals surface area contributed by atoms with Gasteiger partial charge >= 0.3 is 5.97 Å². The Morgan fingerprint density at radius 2 is 2.11 bits per heavy atom. The highest BCUT2D eigenvalue weighted by molar-refractivity contribution is 6.01. The van der Waals surface area contributed by atoms with Crippen molar-refractivity contribution < 1.29 is 14.4 Å². The van der Waals surface area contributed by atoms with Gasteiger partial charge in [-0.15, -0.1) is 0 Å². The summed E-state index contributed by atoms with van der Waals surface area (Å²) in [7, 11) is 1.60. The minimum absolute atomic E-state index is 0.0736. The van der Waals surface area contributed by atoms with Crippen LogP contribution in [0, 0.1) is 0 Å². The molecule has 0 aliphatic heterocycles. The average molecular weight is 267 g/mol. The van der Waals surface area contributed by atoms with Gasteiger partial charge in [0.2, 0.25) is 0 Å². The molecule has 0 bridgehead atoms. The van der Waals surface area contributed by atoms with Crippen LogP contribution in [0.5, 0.6) is 0 Å². The van der Waals surface area contributed by atoms with Gasteiger partial charge in [0.25, 0.3) is 0 Å². The maximum Gasteiger partial charge on any atom is 0.305 e. The van der Waals surface area contributed by atoms with Crippen LogP contribution in [0.25, 0.3) is 0 Å². The molecule has 0 radical (unpaired) electrons. The molecule has 108 valence electrons. The molecule has 4 heteroatoms. The van der Waals surface area contributed by atoms with Crippen LogP contribution in [0.2, 0.25) is 0 Å². The van der Waals surface area contributed by atoms with E-state index in [1.807, 2.05) is 6.92 Å². The number of oxime groups is 1. The summed E-state index contributed by atoms with van der Waals surface area (Å²) in [6, 6.07) is 0. The van der Waals surface area contributed by atoms with Gasteiger partial charge in [-0.25, -0.2) is 0 Å². The molecule has 0 aromatic heterocycles. The third kappa shape index (κ3) is 6.41. The highest BCUT2D eigenvalue weighted by Gasteiger charge is 2.13. The van der Waals surface area contributed by atoms with Crippen molar-refractivity contribution in [3.05, 3.63) is 11.6 Å². The van der Waals surface area contributed by atoms with Crippen molar-refractivity contribution in [1.82, 2.24) is 0 Å². The Balaban J connectivity index is 2.05. The lowest BCUT2D eigenvalue weighted by atomic mass is 10.0. The van der Waals surface area contributed by atoms with Crippen LogP contribution >= 0.6 is 0 Å². The van der Waals surface area contributed by atoms with E-state index in [1.54, 1.807) is 7.11 Å². The van der Waals surface area contributed by atoms with E-state index >= 15 is 0 Å². The Bertz CT molecular complexity index is 334. The predicted octanol–water partition coefficient (Wildman–Crippen LogP) is 3.61. The van der Waals surface area contributed by atoms with Crippen LogP contribution in [-0.4, -0.2) is 25.4 Å². The number of rotatable bonds is 9. The van der Waals surface area contributed by atoms with Crippen LogP contribution in [0.15, 0.2) is 16.8 Å². The van der Waals surface area contributed by atoms with E-state index in [0.29, 0.717) is 13.0 Å². The van der Waals surface area contributed by atoms with Gasteiger partial charge in [0.1, 0.15) is 7.11 Å². The summed E-state index contributed by atoms with van der Waals surface area (Å²) in [5.74, 6) is -0.0736. The van der Waals surface area contributed by atoms with Crippen LogP contribution in [0.3, 0.4) is 0 Å². The number of carbonyl (C=O) groups is 1. The minimum Gasteiger partial charge on any atom is -0.466 e. The van der Waals surface area contributed by atoms with E-state index in [4.69, 9.17) is 9.57 Å². The lowest BCUT2D eigenvalue weighted by Crippen LogP contribution is -2.03. The summed E-state index contributed by atoms with van der Waals surface area (Å²) >= 11 is 0. The number of unbranched alkanes of at least 4 members (excludes halogenated alkanes) is 3. The molecular weight excluding hydrogens is 242 g/mol. The molecule has 0 saturated carbocycles. The summed E-state index contributed by atoms with van der Waals surface area (Å²) in [5, 5.41) is 4.05. The second-order valence-electron chi connectivity index (χ2n) is 4.71. The van der Waals surface area contributed by atoms with E-state index in [1.165, 1.54) is 5.57 Å². The summed E-state index contributed by atoms with van der Waals surface area (Å²) in [6.45, 7) is 2.32. The number of nitrogens with zero attached hydrogens (tertiary/aromatic N) is 1. The molecule has 1 rings (SSSR count). The molecule has 19 heavy (non-hydrogen) atoms. The van der Waals surface area contributed by atoms with Gasteiger partial charge in [0.05, 0.1) is 12.3 Å².